The molecule has 4 nitrogen and oxygen atoms in total. The van der Waals surface area contributed by atoms with Gasteiger partial charge in [-0.25, -0.2) is 4.79 Å². The molecule has 1 N–H and O–H groups in total. The van der Waals surface area contributed by atoms with Gasteiger partial charge in [-0.3, -0.25) is 4.79 Å². The molecule has 2 atom stereocenters. The van der Waals surface area contributed by atoms with Crippen molar-refractivity contribution >= 4 is 18.0 Å². The lowest BCUT2D eigenvalue weighted by atomic mass is 9.97. The summed E-state index contributed by atoms with van der Waals surface area (Å²) in [6, 6.07) is 12.8. The van der Waals surface area contributed by atoms with E-state index in [1.807, 2.05) is 13.8 Å². The Morgan fingerprint density at radius 3 is 2.26 bits per heavy atom. The molecule has 0 bridgehead atoms. The van der Waals surface area contributed by atoms with Gasteiger partial charge in [0.15, 0.2) is 5.78 Å². The number of fused-ring (bicyclic) bond motifs is 2. The average Bonchev–Trinajstić information content (AvgIpc) is 3.23. The first-order valence-electron chi connectivity index (χ1n) is 12.4. The number of ether oxygens (including phenoxy) is 1. The zero-order chi connectivity index (χ0) is 25.0. The van der Waals surface area contributed by atoms with Crippen LogP contribution in [0.4, 0.5) is 4.79 Å². The van der Waals surface area contributed by atoms with E-state index in [4.69, 9.17) is 4.74 Å². The Morgan fingerprint density at radius 1 is 1.03 bits per heavy atom. The number of methoxy groups -OCH3 is 1. The number of benzene rings is 2. The Bertz CT molecular complexity index is 1080. The van der Waals surface area contributed by atoms with Crippen molar-refractivity contribution in [1.29, 1.82) is 0 Å². The highest BCUT2D eigenvalue weighted by atomic mass is 16.5. The molecule has 1 amide bonds. The maximum atomic E-state index is 11.8. The molecule has 182 valence electrons. The van der Waals surface area contributed by atoms with E-state index in [-0.39, 0.29) is 18.1 Å². The van der Waals surface area contributed by atoms with Gasteiger partial charge in [-0.15, -0.1) is 0 Å². The van der Waals surface area contributed by atoms with Crippen LogP contribution in [0.1, 0.15) is 85.8 Å². The molecule has 4 rings (SSSR count). The zero-order valence-electron chi connectivity index (χ0n) is 21.7. The molecule has 0 heterocycles. The largest absolute Gasteiger partial charge is 0.453 e. The number of hydrogen-bond donors (Lipinski definition) is 1. The average molecular weight is 462 g/mol. The molecule has 0 spiro atoms. The third-order valence-electron chi connectivity index (χ3n) is 6.45. The number of carbonyl (C=O) groups is 2. The van der Waals surface area contributed by atoms with Gasteiger partial charge < -0.3 is 10.1 Å². The Morgan fingerprint density at radius 2 is 1.65 bits per heavy atom. The minimum Gasteiger partial charge on any atom is -0.453 e. The first-order chi connectivity index (χ1) is 16.1. The fourth-order valence-electron chi connectivity index (χ4n) is 4.86. The number of Topliss-reactive ketones (excluding diaryl/α,β-unsaturated/α-hetero) is 1. The topological polar surface area (TPSA) is 55.4 Å². The first kappa shape index (κ1) is 25.7. The summed E-state index contributed by atoms with van der Waals surface area (Å²) in [6.45, 7) is 12.9. The van der Waals surface area contributed by atoms with Crippen LogP contribution in [0.5, 0.6) is 0 Å². The van der Waals surface area contributed by atoms with Gasteiger partial charge in [0.1, 0.15) is 0 Å². The summed E-state index contributed by atoms with van der Waals surface area (Å²) in [5.41, 5.74) is 8.31. The Kier molecular flexibility index (Phi) is 8.35. The van der Waals surface area contributed by atoms with Crippen molar-refractivity contribution in [1.82, 2.24) is 5.32 Å². The minimum atomic E-state index is -0.389. The van der Waals surface area contributed by atoms with E-state index >= 15 is 0 Å². The van der Waals surface area contributed by atoms with Crippen molar-refractivity contribution in [3.8, 4) is 0 Å². The van der Waals surface area contributed by atoms with E-state index in [1.165, 1.54) is 34.9 Å². The van der Waals surface area contributed by atoms with Crippen LogP contribution in [-0.2, 0) is 24.0 Å². The maximum Gasteiger partial charge on any atom is 0.407 e. The summed E-state index contributed by atoms with van der Waals surface area (Å²) in [6.07, 6.45) is 4.78. The molecule has 0 saturated carbocycles. The first-order valence-corrected chi connectivity index (χ1v) is 12.4. The number of hydrogen-bond acceptors (Lipinski definition) is 3. The van der Waals surface area contributed by atoms with Gasteiger partial charge in [-0.2, -0.15) is 0 Å². The summed E-state index contributed by atoms with van der Waals surface area (Å²) in [5, 5.41) is 2.89. The second kappa shape index (κ2) is 11.0. The van der Waals surface area contributed by atoms with Gasteiger partial charge >= 0.3 is 6.09 Å². The monoisotopic (exact) mass is 461 g/mol. The van der Waals surface area contributed by atoms with Gasteiger partial charge in [0.2, 0.25) is 0 Å². The number of alkyl carbamates (subject to hydrolysis) is 1. The van der Waals surface area contributed by atoms with Crippen LogP contribution in [0.25, 0.3) is 6.08 Å². The molecular weight excluding hydrogens is 422 g/mol. The van der Waals surface area contributed by atoms with E-state index in [2.05, 4.69) is 75.5 Å². The van der Waals surface area contributed by atoms with Crippen LogP contribution in [0.3, 0.4) is 0 Å². The minimum absolute atomic E-state index is 0.0606. The summed E-state index contributed by atoms with van der Waals surface area (Å²) in [7, 11) is 1.39. The van der Waals surface area contributed by atoms with Crippen molar-refractivity contribution in [3.05, 3.63) is 75.4 Å². The number of nitrogens with one attached hydrogen (secondary N) is 1. The Balaban J connectivity index is 0.000000196. The van der Waals surface area contributed by atoms with Crippen LogP contribution < -0.4 is 5.32 Å². The van der Waals surface area contributed by atoms with E-state index in [0.717, 1.165) is 30.4 Å². The smallest absolute Gasteiger partial charge is 0.407 e. The lowest BCUT2D eigenvalue weighted by Gasteiger charge is -2.17. The van der Waals surface area contributed by atoms with Gasteiger partial charge in [0.25, 0.3) is 0 Å². The Labute approximate surface area is 204 Å². The number of rotatable bonds is 5. The standard InChI is InChI=1S/C16H21NO2.C14H18O/c1-10(2)7-12-5-6-13-8-11(3)15(14(13)9-12)17-16(18)19-4;1-9(2)6-11-4-5-12-7-10(3)14(15)13(12)8-11/h5-6,8-10,15H,7H2,1-4H3,(H,17,18);4-5,8-10H,6-7H2,1-3H3. The highest BCUT2D eigenvalue weighted by molar-refractivity contribution is 6.02. The molecule has 0 radical (unpaired) electrons. The van der Waals surface area contributed by atoms with Crippen LogP contribution >= 0.6 is 0 Å². The predicted octanol–water partition coefficient (Wildman–Crippen LogP) is 6.96. The normalized spacial score (nSPS) is 18.3. The molecular formula is C30H39NO3. The summed E-state index contributed by atoms with van der Waals surface area (Å²) in [5.74, 6) is 1.79. The van der Waals surface area contributed by atoms with E-state index < -0.39 is 0 Å². The fourth-order valence-corrected chi connectivity index (χ4v) is 4.86. The van der Waals surface area contributed by atoms with Crippen molar-refractivity contribution < 1.29 is 14.3 Å². The predicted molar refractivity (Wildman–Crippen MR) is 139 cm³/mol. The van der Waals surface area contributed by atoms with E-state index in [0.29, 0.717) is 17.6 Å². The summed E-state index contributed by atoms with van der Waals surface area (Å²) in [4.78, 5) is 23.3. The van der Waals surface area contributed by atoms with Crippen molar-refractivity contribution in [2.75, 3.05) is 7.11 Å². The highest BCUT2D eigenvalue weighted by Crippen LogP contribution is 2.35. The van der Waals surface area contributed by atoms with Crippen LogP contribution in [0.15, 0.2) is 42.0 Å². The number of carbonyl (C=O) groups excluding carboxylic acids is 2. The third kappa shape index (κ3) is 6.16. The molecule has 2 aromatic rings. The van der Waals surface area contributed by atoms with E-state index in [9.17, 15) is 9.59 Å². The second-order valence-corrected chi connectivity index (χ2v) is 10.6. The molecule has 2 aromatic carbocycles. The van der Waals surface area contributed by atoms with Gasteiger partial charge in [-0.1, -0.05) is 71.0 Å². The lowest BCUT2D eigenvalue weighted by molar-refractivity contribution is 0.0946. The molecule has 2 unspecified atom stereocenters. The molecule has 2 aliphatic rings. The van der Waals surface area contributed by atoms with Crippen LogP contribution in [-0.4, -0.2) is 19.0 Å². The summed E-state index contributed by atoms with van der Waals surface area (Å²) >= 11 is 0. The molecule has 0 aromatic heterocycles. The molecule has 4 heteroatoms. The fraction of sp³-hybridized carbons (Fsp3) is 0.467. The maximum absolute atomic E-state index is 11.8. The Hall–Kier alpha value is -2.88. The zero-order valence-corrected chi connectivity index (χ0v) is 21.7. The molecule has 0 aliphatic heterocycles. The quantitative estimate of drug-likeness (QED) is 0.524. The number of amides is 1. The molecule has 2 aliphatic carbocycles. The molecule has 0 saturated heterocycles. The summed E-state index contributed by atoms with van der Waals surface area (Å²) < 4.78 is 4.69. The molecule has 34 heavy (non-hydrogen) atoms. The van der Waals surface area contributed by atoms with Crippen molar-refractivity contribution in [3.63, 3.8) is 0 Å². The van der Waals surface area contributed by atoms with Crippen LogP contribution in [0.2, 0.25) is 0 Å². The van der Waals surface area contributed by atoms with Gasteiger partial charge in [0, 0.05) is 11.5 Å². The molecule has 0 fully saturated rings. The van der Waals surface area contributed by atoms with Crippen LogP contribution in [0, 0.1) is 17.8 Å². The van der Waals surface area contributed by atoms with Gasteiger partial charge in [-0.05, 0) is 77.5 Å². The lowest BCUT2D eigenvalue weighted by Crippen LogP contribution is -2.28. The third-order valence-corrected chi connectivity index (χ3v) is 6.45. The highest BCUT2D eigenvalue weighted by Gasteiger charge is 2.27. The SMILES string of the molecule is CC(C)Cc1ccc2c(c1)C(=O)C(C)C2.COC(=O)NC1C(C)=Cc2ccc(CC(C)C)cc21. The van der Waals surface area contributed by atoms with Gasteiger partial charge in [0.05, 0.1) is 13.2 Å². The number of ketones is 1. The van der Waals surface area contributed by atoms with Crippen molar-refractivity contribution in [2.24, 2.45) is 17.8 Å². The van der Waals surface area contributed by atoms with Crippen molar-refractivity contribution in [2.45, 2.75) is 66.8 Å². The second-order valence-electron chi connectivity index (χ2n) is 10.6. The van der Waals surface area contributed by atoms with E-state index in [1.54, 1.807) is 0 Å².